The third kappa shape index (κ3) is 4.39. The minimum Gasteiger partial charge on any atom is -0.385 e. The van der Waals surface area contributed by atoms with Crippen molar-refractivity contribution < 1.29 is 19.1 Å². The van der Waals surface area contributed by atoms with Crippen molar-refractivity contribution in [3.63, 3.8) is 0 Å². The highest BCUT2D eigenvalue weighted by atomic mass is 16.5. The number of hydrogen-bond donors (Lipinski definition) is 3. The molecule has 3 amide bonds. The Morgan fingerprint density at radius 2 is 1.92 bits per heavy atom. The van der Waals surface area contributed by atoms with E-state index in [1.165, 1.54) is 0 Å². The summed E-state index contributed by atoms with van der Waals surface area (Å²) in [5, 5.41) is 7.01. The molecule has 2 aliphatic rings. The molecule has 3 heterocycles. The van der Waals surface area contributed by atoms with Crippen LogP contribution in [0.1, 0.15) is 59.9 Å². The van der Waals surface area contributed by atoms with Gasteiger partial charge in [0.25, 0.3) is 5.91 Å². The lowest BCUT2D eigenvalue weighted by atomic mass is 9.89. The summed E-state index contributed by atoms with van der Waals surface area (Å²) in [5.74, 6) is -0.746. The maximum Gasteiger partial charge on any atom is 0.255 e. The van der Waals surface area contributed by atoms with E-state index in [2.05, 4.69) is 15.6 Å². The Hall–Kier alpha value is -3.65. The second kappa shape index (κ2) is 10.4. The summed E-state index contributed by atoms with van der Waals surface area (Å²) < 4.78 is 5.06. The van der Waals surface area contributed by atoms with E-state index >= 15 is 0 Å². The fraction of sp³-hybridized carbons (Fsp3) is 0.414. The number of methoxy groups -OCH3 is 1. The van der Waals surface area contributed by atoms with Gasteiger partial charge in [0.05, 0.1) is 6.04 Å². The lowest BCUT2D eigenvalue weighted by Crippen LogP contribution is -2.58. The monoisotopic (exact) mass is 502 g/mol. The molecule has 4 atom stereocenters. The number of rotatable bonds is 9. The summed E-state index contributed by atoms with van der Waals surface area (Å²) in [7, 11) is 1.62. The average molecular weight is 503 g/mol. The number of aromatic nitrogens is 1. The van der Waals surface area contributed by atoms with E-state index < -0.39 is 12.1 Å². The van der Waals surface area contributed by atoms with Gasteiger partial charge < -0.3 is 25.3 Å². The molecule has 2 aliphatic heterocycles. The number of para-hydroxylation sites is 1. The van der Waals surface area contributed by atoms with Crippen molar-refractivity contribution in [3.8, 4) is 0 Å². The van der Waals surface area contributed by atoms with Gasteiger partial charge in [-0.3, -0.25) is 14.4 Å². The van der Waals surface area contributed by atoms with Crippen molar-refractivity contribution in [2.24, 2.45) is 5.92 Å². The fourth-order valence-corrected chi connectivity index (χ4v) is 5.63. The summed E-state index contributed by atoms with van der Waals surface area (Å²) in [5.41, 5.74) is 4.50. The maximum atomic E-state index is 13.9. The largest absolute Gasteiger partial charge is 0.385 e. The smallest absolute Gasteiger partial charge is 0.255 e. The van der Waals surface area contributed by atoms with Crippen molar-refractivity contribution in [2.45, 2.75) is 51.2 Å². The third-order valence-corrected chi connectivity index (χ3v) is 7.77. The van der Waals surface area contributed by atoms with Gasteiger partial charge in [0.2, 0.25) is 11.8 Å². The van der Waals surface area contributed by atoms with E-state index in [1.54, 1.807) is 12.0 Å². The first kappa shape index (κ1) is 25.0. The highest BCUT2D eigenvalue weighted by Crippen LogP contribution is 2.46. The number of aromatic amines is 1. The topological polar surface area (TPSA) is 104 Å². The molecule has 5 rings (SSSR count). The molecule has 1 aromatic heterocycles. The van der Waals surface area contributed by atoms with E-state index in [1.807, 2.05) is 62.4 Å². The van der Waals surface area contributed by atoms with Crippen LogP contribution in [-0.4, -0.2) is 60.0 Å². The van der Waals surface area contributed by atoms with Crippen LogP contribution < -0.4 is 10.6 Å². The molecule has 4 unspecified atom stereocenters. The van der Waals surface area contributed by atoms with Gasteiger partial charge in [-0.1, -0.05) is 56.7 Å². The number of amides is 3. The van der Waals surface area contributed by atoms with Crippen molar-refractivity contribution in [1.82, 2.24) is 20.5 Å². The Kier molecular flexibility index (Phi) is 7.02. The Morgan fingerprint density at radius 1 is 1.16 bits per heavy atom. The second-order valence-corrected chi connectivity index (χ2v) is 9.99. The van der Waals surface area contributed by atoms with Crippen molar-refractivity contribution in [2.75, 3.05) is 20.3 Å². The number of H-pyrrole nitrogens is 1. The fourth-order valence-electron chi connectivity index (χ4n) is 5.63. The molecule has 2 aromatic carbocycles. The zero-order chi connectivity index (χ0) is 26.1. The van der Waals surface area contributed by atoms with Crippen molar-refractivity contribution >= 4 is 28.6 Å². The molecule has 3 aromatic rings. The first-order valence-electron chi connectivity index (χ1n) is 13.0. The van der Waals surface area contributed by atoms with Gasteiger partial charge in [0.1, 0.15) is 12.1 Å². The van der Waals surface area contributed by atoms with Gasteiger partial charge >= 0.3 is 0 Å². The molecule has 8 heteroatoms. The molecule has 8 nitrogen and oxygen atoms in total. The van der Waals surface area contributed by atoms with Crippen molar-refractivity contribution in [3.05, 3.63) is 70.9 Å². The maximum absolute atomic E-state index is 13.9. The molecular weight excluding hydrogens is 468 g/mol. The minimum absolute atomic E-state index is 0.0686. The van der Waals surface area contributed by atoms with Gasteiger partial charge in [-0.15, -0.1) is 0 Å². The lowest BCUT2D eigenvalue weighted by Gasteiger charge is -2.38. The van der Waals surface area contributed by atoms with Crippen LogP contribution in [0.15, 0.2) is 48.5 Å². The molecule has 0 bridgehead atoms. The number of nitrogens with zero attached hydrogens (tertiary/aromatic N) is 1. The van der Waals surface area contributed by atoms with E-state index in [9.17, 15) is 14.4 Å². The normalized spacial score (nSPS) is 19.6. The van der Waals surface area contributed by atoms with Crippen LogP contribution in [0.25, 0.3) is 10.9 Å². The number of benzene rings is 2. The SMILES string of the molecule is CCC(C)C(NC(=O)C1Cc2c([nH]c3ccccc23)C2c3ccccc3C(=O)N12)C(=O)NCCCOC. The number of carbonyl (C=O) groups excluding carboxylic acids is 3. The van der Waals surface area contributed by atoms with Crippen LogP contribution >= 0.6 is 0 Å². The molecule has 0 spiro atoms. The molecule has 0 saturated heterocycles. The number of nitrogens with one attached hydrogen (secondary N) is 3. The van der Waals surface area contributed by atoms with Gasteiger partial charge in [0, 0.05) is 48.8 Å². The third-order valence-electron chi connectivity index (χ3n) is 7.77. The van der Waals surface area contributed by atoms with Crippen LogP contribution in [0.5, 0.6) is 0 Å². The van der Waals surface area contributed by atoms with Gasteiger partial charge in [0.15, 0.2) is 0 Å². The summed E-state index contributed by atoms with van der Waals surface area (Å²) >= 11 is 0. The predicted octanol–water partition coefficient (Wildman–Crippen LogP) is 3.32. The average Bonchev–Trinajstić information content (AvgIpc) is 3.44. The van der Waals surface area contributed by atoms with Gasteiger partial charge in [-0.2, -0.15) is 0 Å². The molecule has 0 aliphatic carbocycles. The van der Waals surface area contributed by atoms with E-state index in [0.29, 0.717) is 31.6 Å². The van der Waals surface area contributed by atoms with Crippen LogP contribution in [0.2, 0.25) is 0 Å². The second-order valence-electron chi connectivity index (χ2n) is 9.99. The molecule has 3 N–H and O–H groups in total. The quantitative estimate of drug-likeness (QED) is 0.391. The van der Waals surface area contributed by atoms with Gasteiger partial charge in [-0.25, -0.2) is 0 Å². The predicted molar refractivity (Wildman–Crippen MR) is 141 cm³/mol. The molecule has 0 fully saturated rings. The Bertz CT molecular complexity index is 1330. The van der Waals surface area contributed by atoms with E-state index in [0.717, 1.165) is 34.1 Å². The van der Waals surface area contributed by atoms with Crippen molar-refractivity contribution in [1.29, 1.82) is 0 Å². The number of carbonyl (C=O) groups is 3. The van der Waals surface area contributed by atoms with Crippen LogP contribution in [0, 0.1) is 5.92 Å². The first-order valence-corrected chi connectivity index (χ1v) is 13.0. The first-order chi connectivity index (χ1) is 18.0. The highest BCUT2D eigenvalue weighted by Gasteiger charge is 2.49. The standard InChI is InChI=1S/C29H34N4O4/c1-4-17(2)24(28(35)30-14-9-15-37-3)32-27(34)23-16-21-18-10-7-8-13-22(18)31-25(21)26-19-11-5-6-12-20(19)29(36)33(23)26/h5-8,10-13,17,23-24,26,31H,4,9,14-16H2,1-3H3,(H,30,35)(H,32,34). The molecule has 0 saturated carbocycles. The Labute approximate surface area is 216 Å². The zero-order valence-corrected chi connectivity index (χ0v) is 21.5. The van der Waals surface area contributed by atoms with Crippen LogP contribution in [-0.2, 0) is 20.7 Å². The molecule has 37 heavy (non-hydrogen) atoms. The number of fused-ring (bicyclic) bond motifs is 7. The Morgan fingerprint density at radius 3 is 2.70 bits per heavy atom. The lowest BCUT2D eigenvalue weighted by molar-refractivity contribution is -0.133. The van der Waals surface area contributed by atoms with E-state index in [-0.39, 0.29) is 29.7 Å². The highest BCUT2D eigenvalue weighted by molar-refractivity contribution is 6.04. The Balaban J connectivity index is 1.48. The van der Waals surface area contributed by atoms with Crippen LogP contribution in [0.4, 0.5) is 0 Å². The number of hydrogen-bond acceptors (Lipinski definition) is 4. The van der Waals surface area contributed by atoms with Crippen LogP contribution in [0.3, 0.4) is 0 Å². The summed E-state index contributed by atoms with van der Waals surface area (Å²) in [6, 6.07) is 13.8. The summed E-state index contributed by atoms with van der Waals surface area (Å²) in [4.78, 5) is 45.8. The summed E-state index contributed by atoms with van der Waals surface area (Å²) in [6.45, 7) is 4.98. The molecule has 194 valence electrons. The zero-order valence-electron chi connectivity index (χ0n) is 21.5. The molecule has 0 radical (unpaired) electrons. The minimum atomic E-state index is -0.732. The molecular formula is C29H34N4O4. The summed E-state index contributed by atoms with van der Waals surface area (Å²) in [6.07, 6.45) is 1.80. The number of ether oxygens (including phenoxy) is 1. The van der Waals surface area contributed by atoms with E-state index in [4.69, 9.17) is 4.74 Å². The van der Waals surface area contributed by atoms with Gasteiger partial charge in [-0.05, 0) is 35.6 Å².